The molecule has 0 aliphatic rings. The van der Waals surface area contributed by atoms with Gasteiger partial charge >= 0.3 is 0 Å². The average molecular weight is 327 g/mol. The van der Waals surface area contributed by atoms with Gasteiger partial charge in [0.1, 0.15) is 0 Å². The molecule has 0 aliphatic carbocycles. The molecule has 1 heterocycles. The molecule has 2 aromatic rings. The summed E-state index contributed by atoms with van der Waals surface area (Å²) in [7, 11) is 0. The minimum atomic E-state index is 0.189. The number of halogens is 1. The van der Waals surface area contributed by atoms with Crippen molar-refractivity contribution < 1.29 is 0 Å². The summed E-state index contributed by atoms with van der Waals surface area (Å²) in [6, 6.07) is 6.38. The van der Waals surface area contributed by atoms with Crippen LogP contribution in [0.5, 0.6) is 0 Å². The van der Waals surface area contributed by atoms with Gasteiger partial charge in [-0.25, -0.2) is 4.98 Å². The lowest BCUT2D eigenvalue weighted by molar-refractivity contribution is 0.338. The van der Waals surface area contributed by atoms with Gasteiger partial charge in [-0.3, -0.25) is 0 Å². The van der Waals surface area contributed by atoms with Gasteiger partial charge in [-0.15, -0.1) is 11.3 Å². The van der Waals surface area contributed by atoms with Gasteiger partial charge in [-0.1, -0.05) is 36.7 Å². The zero-order valence-corrected chi connectivity index (χ0v) is 13.4. The van der Waals surface area contributed by atoms with Gasteiger partial charge in [0.2, 0.25) is 0 Å². The molecule has 1 aromatic carbocycles. The van der Waals surface area contributed by atoms with E-state index in [1.165, 1.54) is 4.70 Å². The Labute approximate surface area is 121 Å². The van der Waals surface area contributed by atoms with Crippen LogP contribution in [0.2, 0.25) is 0 Å². The van der Waals surface area contributed by atoms with Crippen LogP contribution in [0.25, 0.3) is 10.2 Å². The molecule has 0 amide bonds. The number of rotatable bonds is 3. The van der Waals surface area contributed by atoms with Crippen molar-refractivity contribution in [3.8, 4) is 0 Å². The van der Waals surface area contributed by atoms with Crippen LogP contribution >= 0.6 is 27.3 Å². The van der Waals surface area contributed by atoms with Crippen LogP contribution in [0.3, 0.4) is 0 Å². The first-order chi connectivity index (χ1) is 8.33. The molecule has 98 valence electrons. The average Bonchev–Trinajstić information content (AvgIpc) is 2.55. The molecule has 0 spiro atoms. The molecule has 0 aliphatic heterocycles. The SMILES string of the molecule is CC(C)(C)CC(N)Cc1nc2ccc(Br)cc2s1. The molecule has 0 radical (unpaired) electrons. The van der Waals surface area contributed by atoms with Crippen LogP contribution in [-0.4, -0.2) is 11.0 Å². The Morgan fingerprint density at radius 1 is 1.39 bits per heavy atom. The Balaban J connectivity index is 2.12. The fraction of sp³-hybridized carbons (Fsp3) is 0.500. The van der Waals surface area contributed by atoms with Crippen LogP contribution in [0.15, 0.2) is 22.7 Å². The van der Waals surface area contributed by atoms with Gasteiger partial charge in [0.15, 0.2) is 0 Å². The van der Waals surface area contributed by atoms with E-state index in [0.717, 1.165) is 27.8 Å². The largest absolute Gasteiger partial charge is 0.327 e. The quantitative estimate of drug-likeness (QED) is 0.909. The lowest BCUT2D eigenvalue weighted by Crippen LogP contribution is -2.28. The summed E-state index contributed by atoms with van der Waals surface area (Å²) in [6.45, 7) is 6.67. The normalized spacial score (nSPS) is 14.1. The minimum Gasteiger partial charge on any atom is -0.327 e. The van der Waals surface area contributed by atoms with Crippen molar-refractivity contribution in [3.05, 3.63) is 27.7 Å². The highest BCUT2D eigenvalue weighted by Gasteiger charge is 2.17. The Hall–Kier alpha value is -0.450. The lowest BCUT2D eigenvalue weighted by atomic mass is 9.87. The van der Waals surface area contributed by atoms with E-state index in [1.54, 1.807) is 11.3 Å². The lowest BCUT2D eigenvalue weighted by Gasteiger charge is -2.22. The van der Waals surface area contributed by atoms with Crippen molar-refractivity contribution in [1.29, 1.82) is 0 Å². The van der Waals surface area contributed by atoms with E-state index in [4.69, 9.17) is 5.73 Å². The molecular formula is C14H19BrN2S. The number of hydrogen-bond acceptors (Lipinski definition) is 3. The predicted octanol–water partition coefficient (Wildman–Crippen LogP) is 4.36. The number of nitrogens with two attached hydrogens (primary N) is 1. The molecule has 0 fully saturated rings. The predicted molar refractivity (Wildman–Crippen MR) is 83.1 cm³/mol. The third-order valence-electron chi connectivity index (χ3n) is 2.71. The van der Waals surface area contributed by atoms with Crippen molar-refractivity contribution in [1.82, 2.24) is 4.98 Å². The molecule has 0 saturated heterocycles. The zero-order valence-electron chi connectivity index (χ0n) is 11.0. The van der Waals surface area contributed by atoms with Crippen molar-refractivity contribution in [3.63, 3.8) is 0 Å². The number of aromatic nitrogens is 1. The fourth-order valence-corrected chi connectivity index (χ4v) is 3.73. The smallest absolute Gasteiger partial charge is 0.0954 e. The highest BCUT2D eigenvalue weighted by atomic mass is 79.9. The Morgan fingerprint density at radius 3 is 2.78 bits per heavy atom. The number of hydrogen-bond donors (Lipinski definition) is 1. The minimum absolute atomic E-state index is 0.189. The standard InChI is InChI=1S/C14H19BrN2S/c1-14(2,3)8-10(16)7-13-17-11-5-4-9(15)6-12(11)18-13/h4-6,10H,7-8,16H2,1-3H3. The topological polar surface area (TPSA) is 38.9 Å². The summed E-state index contributed by atoms with van der Waals surface area (Å²) in [5, 5.41) is 1.14. The molecule has 18 heavy (non-hydrogen) atoms. The second-order valence-electron chi connectivity index (χ2n) is 5.95. The van der Waals surface area contributed by atoms with Crippen LogP contribution in [0, 0.1) is 5.41 Å². The first kappa shape index (κ1) is 14.0. The van der Waals surface area contributed by atoms with Gasteiger partial charge in [-0.2, -0.15) is 0 Å². The van der Waals surface area contributed by atoms with Crippen LogP contribution < -0.4 is 5.73 Å². The first-order valence-corrected chi connectivity index (χ1v) is 7.75. The number of thiazole rings is 1. The van der Waals surface area contributed by atoms with E-state index in [1.807, 2.05) is 6.07 Å². The monoisotopic (exact) mass is 326 g/mol. The van der Waals surface area contributed by atoms with E-state index in [2.05, 4.69) is 53.8 Å². The Bertz CT molecular complexity index is 542. The van der Waals surface area contributed by atoms with E-state index >= 15 is 0 Å². The molecule has 1 aromatic heterocycles. The number of benzene rings is 1. The highest BCUT2D eigenvalue weighted by molar-refractivity contribution is 9.10. The summed E-state index contributed by atoms with van der Waals surface area (Å²) in [5.41, 5.74) is 7.55. The molecule has 0 saturated carbocycles. The Morgan fingerprint density at radius 2 is 2.11 bits per heavy atom. The first-order valence-electron chi connectivity index (χ1n) is 6.14. The summed E-state index contributed by atoms with van der Waals surface area (Å²) >= 11 is 5.23. The molecule has 2 rings (SSSR count). The molecule has 1 atom stereocenters. The van der Waals surface area contributed by atoms with Gasteiger partial charge in [0, 0.05) is 16.9 Å². The van der Waals surface area contributed by atoms with E-state index < -0.39 is 0 Å². The second-order valence-corrected chi connectivity index (χ2v) is 7.98. The van der Waals surface area contributed by atoms with E-state index in [9.17, 15) is 0 Å². The number of fused-ring (bicyclic) bond motifs is 1. The summed E-state index contributed by atoms with van der Waals surface area (Å²) < 4.78 is 2.33. The molecule has 1 unspecified atom stereocenters. The molecule has 2 nitrogen and oxygen atoms in total. The summed E-state index contributed by atoms with van der Waals surface area (Å²) in [6.07, 6.45) is 1.89. The summed E-state index contributed by atoms with van der Waals surface area (Å²) in [4.78, 5) is 4.64. The maximum absolute atomic E-state index is 6.20. The second kappa shape index (κ2) is 5.27. The molecule has 4 heteroatoms. The molecule has 2 N–H and O–H groups in total. The highest BCUT2D eigenvalue weighted by Crippen LogP contribution is 2.27. The van der Waals surface area contributed by atoms with E-state index in [0.29, 0.717) is 0 Å². The zero-order chi connectivity index (χ0) is 13.3. The van der Waals surface area contributed by atoms with Crippen molar-refractivity contribution in [2.45, 2.75) is 39.7 Å². The fourth-order valence-electron chi connectivity index (χ4n) is 2.12. The van der Waals surface area contributed by atoms with Gasteiger partial charge in [0.05, 0.1) is 15.2 Å². The van der Waals surface area contributed by atoms with Gasteiger partial charge in [0.25, 0.3) is 0 Å². The third-order valence-corrected chi connectivity index (χ3v) is 4.24. The molecule has 0 bridgehead atoms. The Kier molecular flexibility index (Phi) is 4.09. The maximum Gasteiger partial charge on any atom is 0.0954 e. The van der Waals surface area contributed by atoms with Crippen LogP contribution in [-0.2, 0) is 6.42 Å². The van der Waals surface area contributed by atoms with Crippen molar-refractivity contribution in [2.75, 3.05) is 0 Å². The van der Waals surface area contributed by atoms with Gasteiger partial charge in [-0.05, 0) is 30.0 Å². The van der Waals surface area contributed by atoms with Crippen molar-refractivity contribution in [2.24, 2.45) is 11.1 Å². The van der Waals surface area contributed by atoms with Gasteiger partial charge < -0.3 is 5.73 Å². The van der Waals surface area contributed by atoms with Crippen LogP contribution in [0.4, 0.5) is 0 Å². The van der Waals surface area contributed by atoms with E-state index in [-0.39, 0.29) is 11.5 Å². The molecular weight excluding hydrogens is 308 g/mol. The maximum atomic E-state index is 6.20. The van der Waals surface area contributed by atoms with Crippen LogP contribution in [0.1, 0.15) is 32.2 Å². The van der Waals surface area contributed by atoms with Crippen molar-refractivity contribution >= 4 is 37.5 Å². The number of nitrogens with zero attached hydrogens (tertiary/aromatic N) is 1. The third kappa shape index (κ3) is 3.77. The summed E-state index contributed by atoms with van der Waals surface area (Å²) in [5.74, 6) is 0.